The van der Waals surface area contributed by atoms with Gasteiger partial charge in [0.1, 0.15) is 0 Å². The average Bonchev–Trinajstić information content (AvgIpc) is 3.31. The summed E-state index contributed by atoms with van der Waals surface area (Å²) in [7, 11) is -3.67. The molecule has 33 heavy (non-hydrogen) atoms. The molecule has 1 aromatic heterocycles. The Bertz CT molecular complexity index is 1360. The molecule has 0 fully saturated rings. The van der Waals surface area contributed by atoms with Gasteiger partial charge in [0.15, 0.2) is 0 Å². The average molecular weight is 463 g/mol. The molecule has 0 unspecified atom stereocenters. The molecular weight excluding hydrogens is 436 g/mol. The molecule has 170 valence electrons. The SMILES string of the molecule is CCN(CC)S(=O)(=O)c1cccc(C(=O)N[C@H](c2ccccc2)c2ccc3nc[nH]c3c2)c1. The first kappa shape index (κ1) is 22.7. The normalized spacial score (nSPS) is 12.7. The van der Waals surface area contributed by atoms with Crippen LogP contribution in [0.2, 0.25) is 0 Å². The summed E-state index contributed by atoms with van der Waals surface area (Å²) in [6, 6.07) is 21.2. The number of aromatic amines is 1. The molecule has 0 saturated carbocycles. The number of rotatable bonds is 8. The molecule has 8 heteroatoms. The lowest BCUT2D eigenvalue weighted by atomic mass is 9.97. The fourth-order valence-electron chi connectivity index (χ4n) is 3.86. The van der Waals surface area contributed by atoms with Crippen molar-refractivity contribution in [1.29, 1.82) is 0 Å². The number of amides is 1. The second-order valence-corrected chi connectivity index (χ2v) is 9.55. The van der Waals surface area contributed by atoms with E-state index in [-0.39, 0.29) is 16.4 Å². The van der Waals surface area contributed by atoms with Crippen molar-refractivity contribution < 1.29 is 13.2 Å². The third kappa shape index (κ3) is 4.67. The van der Waals surface area contributed by atoms with E-state index in [9.17, 15) is 13.2 Å². The first-order valence-electron chi connectivity index (χ1n) is 10.8. The number of imidazole rings is 1. The van der Waals surface area contributed by atoms with E-state index in [2.05, 4.69) is 15.3 Å². The number of benzene rings is 3. The largest absolute Gasteiger partial charge is 0.345 e. The van der Waals surface area contributed by atoms with Crippen LogP contribution < -0.4 is 5.32 Å². The van der Waals surface area contributed by atoms with E-state index in [1.165, 1.54) is 16.4 Å². The van der Waals surface area contributed by atoms with Crippen LogP contribution in [0.1, 0.15) is 41.4 Å². The van der Waals surface area contributed by atoms with Crippen LogP contribution in [-0.4, -0.2) is 41.7 Å². The van der Waals surface area contributed by atoms with Crippen molar-refractivity contribution >= 4 is 27.0 Å². The van der Waals surface area contributed by atoms with Gasteiger partial charge in [0.2, 0.25) is 10.0 Å². The number of nitrogens with zero attached hydrogens (tertiary/aromatic N) is 2. The molecule has 0 saturated heterocycles. The molecule has 7 nitrogen and oxygen atoms in total. The molecule has 0 aliphatic heterocycles. The molecule has 0 aliphatic carbocycles. The second-order valence-electron chi connectivity index (χ2n) is 7.61. The lowest BCUT2D eigenvalue weighted by Gasteiger charge is -2.21. The van der Waals surface area contributed by atoms with Gasteiger partial charge in [-0.25, -0.2) is 13.4 Å². The third-order valence-electron chi connectivity index (χ3n) is 5.63. The predicted octanol–water partition coefficient (Wildman–Crippen LogP) is 4.11. The Hall–Kier alpha value is -3.49. The van der Waals surface area contributed by atoms with Gasteiger partial charge < -0.3 is 10.3 Å². The first-order chi connectivity index (χ1) is 15.9. The Balaban J connectivity index is 1.68. The maximum atomic E-state index is 13.3. The summed E-state index contributed by atoms with van der Waals surface area (Å²) in [4.78, 5) is 20.7. The predicted molar refractivity (Wildman–Crippen MR) is 128 cm³/mol. The highest BCUT2D eigenvalue weighted by molar-refractivity contribution is 7.89. The Morgan fingerprint density at radius 1 is 0.970 bits per heavy atom. The van der Waals surface area contributed by atoms with Crippen molar-refractivity contribution in [2.75, 3.05) is 13.1 Å². The number of nitrogens with one attached hydrogen (secondary N) is 2. The van der Waals surface area contributed by atoms with Crippen LogP contribution in [0, 0.1) is 0 Å². The van der Waals surface area contributed by atoms with E-state index in [0.29, 0.717) is 13.1 Å². The Morgan fingerprint density at radius 2 is 1.73 bits per heavy atom. The summed E-state index contributed by atoms with van der Waals surface area (Å²) in [6.45, 7) is 4.31. The monoisotopic (exact) mass is 462 g/mol. The van der Waals surface area contributed by atoms with Crippen molar-refractivity contribution in [2.24, 2.45) is 0 Å². The quantitative estimate of drug-likeness (QED) is 0.412. The van der Waals surface area contributed by atoms with E-state index in [0.717, 1.165) is 22.2 Å². The Morgan fingerprint density at radius 3 is 2.45 bits per heavy atom. The number of carbonyl (C=O) groups is 1. The number of fused-ring (bicyclic) bond motifs is 1. The second kappa shape index (κ2) is 9.56. The van der Waals surface area contributed by atoms with Crippen molar-refractivity contribution in [3.05, 3.63) is 95.8 Å². The van der Waals surface area contributed by atoms with Crippen molar-refractivity contribution in [2.45, 2.75) is 24.8 Å². The molecule has 0 bridgehead atoms. The molecule has 1 heterocycles. The number of aromatic nitrogens is 2. The molecule has 1 amide bonds. The van der Waals surface area contributed by atoms with Crippen LogP contribution >= 0.6 is 0 Å². The smallest absolute Gasteiger partial charge is 0.252 e. The Kier molecular flexibility index (Phi) is 6.57. The lowest BCUT2D eigenvalue weighted by Crippen LogP contribution is -2.31. The van der Waals surface area contributed by atoms with E-state index in [1.807, 2.05) is 48.5 Å². The summed E-state index contributed by atoms with van der Waals surface area (Å²) in [5.41, 5.74) is 3.79. The van der Waals surface area contributed by atoms with Crippen molar-refractivity contribution in [3.8, 4) is 0 Å². The number of H-pyrrole nitrogens is 1. The summed E-state index contributed by atoms with van der Waals surface area (Å²) in [5, 5.41) is 3.08. The number of hydrogen-bond donors (Lipinski definition) is 2. The molecule has 0 aliphatic rings. The summed E-state index contributed by atoms with van der Waals surface area (Å²) in [6.07, 6.45) is 1.63. The summed E-state index contributed by atoms with van der Waals surface area (Å²) < 4.78 is 27.2. The van der Waals surface area contributed by atoms with Gasteiger partial charge in [0.25, 0.3) is 5.91 Å². The third-order valence-corrected chi connectivity index (χ3v) is 7.67. The zero-order valence-electron chi connectivity index (χ0n) is 18.5. The van der Waals surface area contributed by atoms with Crippen LogP contribution in [0.5, 0.6) is 0 Å². The van der Waals surface area contributed by atoms with Crippen LogP contribution in [0.3, 0.4) is 0 Å². The van der Waals surface area contributed by atoms with Gasteiger partial charge in [-0.15, -0.1) is 0 Å². The number of hydrogen-bond acceptors (Lipinski definition) is 4. The zero-order valence-corrected chi connectivity index (χ0v) is 19.3. The first-order valence-corrected chi connectivity index (χ1v) is 12.3. The van der Waals surface area contributed by atoms with E-state index in [4.69, 9.17) is 0 Å². The molecule has 4 rings (SSSR count). The minimum absolute atomic E-state index is 0.106. The topological polar surface area (TPSA) is 95.2 Å². The van der Waals surface area contributed by atoms with Gasteiger partial charge >= 0.3 is 0 Å². The van der Waals surface area contributed by atoms with E-state index in [1.54, 1.807) is 32.3 Å². The van der Waals surface area contributed by atoms with Gasteiger partial charge in [-0.3, -0.25) is 4.79 Å². The van der Waals surface area contributed by atoms with Gasteiger partial charge in [-0.2, -0.15) is 4.31 Å². The minimum atomic E-state index is -3.67. The van der Waals surface area contributed by atoms with Crippen LogP contribution in [-0.2, 0) is 10.0 Å². The minimum Gasteiger partial charge on any atom is -0.345 e. The fourth-order valence-corrected chi connectivity index (χ4v) is 5.37. The molecule has 0 spiro atoms. The number of sulfonamides is 1. The van der Waals surface area contributed by atoms with E-state index < -0.39 is 16.1 Å². The van der Waals surface area contributed by atoms with Crippen molar-refractivity contribution in [1.82, 2.24) is 19.6 Å². The molecule has 1 atom stereocenters. The van der Waals surface area contributed by atoms with E-state index >= 15 is 0 Å². The standard InChI is InChI=1S/C25H26N4O3S/c1-3-29(4-2)33(31,32)21-12-8-11-20(15-21)25(30)28-24(18-9-6-5-7-10-18)19-13-14-22-23(16-19)27-17-26-22/h5-17,24H,3-4H2,1-2H3,(H,26,27)(H,28,30)/t24-/m1/s1. The maximum absolute atomic E-state index is 13.3. The fraction of sp³-hybridized carbons (Fsp3) is 0.200. The molecule has 0 radical (unpaired) electrons. The molecule has 3 aromatic carbocycles. The zero-order chi connectivity index (χ0) is 23.4. The van der Waals surface area contributed by atoms with Crippen LogP contribution in [0.4, 0.5) is 0 Å². The Labute approximate surface area is 193 Å². The molecular formula is C25H26N4O3S. The number of carbonyl (C=O) groups excluding carboxylic acids is 1. The van der Waals surface area contributed by atoms with Crippen LogP contribution in [0.25, 0.3) is 11.0 Å². The van der Waals surface area contributed by atoms with Gasteiger partial charge in [0.05, 0.1) is 28.3 Å². The highest BCUT2D eigenvalue weighted by atomic mass is 32.2. The molecule has 4 aromatic rings. The van der Waals surface area contributed by atoms with Gasteiger partial charge in [-0.1, -0.05) is 56.3 Å². The van der Waals surface area contributed by atoms with Crippen LogP contribution in [0.15, 0.2) is 84.0 Å². The molecule has 2 N–H and O–H groups in total. The van der Waals surface area contributed by atoms with Crippen molar-refractivity contribution in [3.63, 3.8) is 0 Å². The highest BCUT2D eigenvalue weighted by Crippen LogP contribution is 2.25. The highest BCUT2D eigenvalue weighted by Gasteiger charge is 2.24. The van der Waals surface area contributed by atoms with Gasteiger partial charge in [0, 0.05) is 18.7 Å². The maximum Gasteiger partial charge on any atom is 0.252 e. The summed E-state index contributed by atoms with van der Waals surface area (Å²) >= 11 is 0. The van der Waals surface area contributed by atoms with Gasteiger partial charge in [-0.05, 0) is 41.5 Å². The summed E-state index contributed by atoms with van der Waals surface area (Å²) in [5.74, 6) is -0.356. The lowest BCUT2D eigenvalue weighted by molar-refractivity contribution is 0.0942.